The molecule has 0 aliphatic heterocycles. The van der Waals surface area contributed by atoms with Crippen molar-refractivity contribution in [3.63, 3.8) is 0 Å². The Morgan fingerprint density at radius 2 is 2.25 bits per heavy atom. The summed E-state index contributed by atoms with van der Waals surface area (Å²) in [5.41, 5.74) is 11.9. The van der Waals surface area contributed by atoms with Gasteiger partial charge in [-0.05, 0) is 18.6 Å². The van der Waals surface area contributed by atoms with Crippen molar-refractivity contribution >= 4 is 28.8 Å². The van der Waals surface area contributed by atoms with E-state index in [1.165, 1.54) is 0 Å². The van der Waals surface area contributed by atoms with E-state index in [-0.39, 0.29) is 10.9 Å². The first-order valence-corrected chi connectivity index (χ1v) is 5.29. The van der Waals surface area contributed by atoms with E-state index in [2.05, 4.69) is 10.3 Å². The van der Waals surface area contributed by atoms with E-state index < -0.39 is 0 Å². The number of hydrogen-bond acceptors (Lipinski definition) is 4. The second-order valence-electron chi connectivity index (χ2n) is 3.26. The molecular weight excluding hydrogens is 224 g/mol. The minimum absolute atomic E-state index is 0.248. The number of aromatic nitrogens is 1. The number of carbonyl (C=O) groups is 1. The maximum Gasteiger partial charge on any atom is 0.217 e. The quantitative estimate of drug-likeness (QED) is 0.492. The molecule has 0 atom stereocenters. The molecule has 0 fully saturated rings. The molecule has 6 heteroatoms. The summed E-state index contributed by atoms with van der Waals surface area (Å²) < 4.78 is 0. The minimum Gasteiger partial charge on any atom is -0.388 e. The van der Waals surface area contributed by atoms with Gasteiger partial charge < -0.3 is 16.8 Å². The molecule has 0 saturated heterocycles. The van der Waals surface area contributed by atoms with Gasteiger partial charge in [-0.2, -0.15) is 0 Å². The Balaban J connectivity index is 2.53. The number of primary amides is 1. The first kappa shape index (κ1) is 12.4. The molecular formula is C10H14N4OS. The van der Waals surface area contributed by atoms with Crippen LogP contribution in [0.3, 0.4) is 0 Å². The Morgan fingerprint density at radius 3 is 2.88 bits per heavy atom. The number of nitrogens with zero attached hydrogens (tertiary/aromatic N) is 1. The third kappa shape index (κ3) is 3.82. The van der Waals surface area contributed by atoms with Crippen LogP contribution in [0, 0.1) is 0 Å². The topological polar surface area (TPSA) is 94.0 Å². The zero-order valence-corrected chi connectivity index (χ0v) is 9.59. The molecule has 5 nitrogen and oxygen atoms in total. The molecule has 0 bridgehead atoms. The smallest absolute Gasteiger partial charge is 0.217 e. The highest BCUT2D eigenvalue weighted by Crippen LogP contribution is 2.11. The van der Waals surface area contributed by atoms with Gasteiger partial charge in [0, 0.05) is 19.2 Å². The van der Waals surface area contributed by atoms with Gasteiger partial charge in [-0.1, -0.05) is 12.2 Å². The standard InChI is InChI=1S/C10H14N4OS/c11-8(15)4-2-5-13-7-3-1-6-14-9(7)10(12)16/h1,3,6,13H,2,4-5H2,(H2,11,15)(H2,12,16). The number of thiocarbonyl (C=S) groups is 1. The van der Waals surface area contributed by atoms with E-state index in [9.17, 15) is 4.79 Å². The van der Waals surface area contributed by atoms with Crippen LogP contribution in [0.25, 0.3) is 0 Å². The monoisotopic (exact) mass is 238 g/mol. The Bertz CT molecular complexity index is 394. The first-order valence-electron chi connectivity index (χ1n) is 4.88. The molecule has 1 heterocycles. The van der Waals surface area contributed by atoms with E-state index in [0.717, 1.165) is 5.69 Å². The average Bonchev–Trinajstić information content (AvgIpc) is 2.24. The second-order valence-corrected chi connectivity index (χ2v) is 3.70. The number of anilines is 1. The largest absolute Gasteiger partial charge is 0.388 e. The summed E-state index contributed by atoms with van der Waals surface area (Å²) in [5.74, 6) is -0.303. The van der Waals surface area contributed by atoms with Crippen LogP contribution >= 0.6 is 12.2 Å². The van der Waals surface area contributed by atoms with Crippen LogP contribution in [0.15, 0.2) is 18.3 Å². The van der Waals surface area contributed by atoms with Gasteiger partial charge in [0.05, 0.1) is 5.69 Å². The van der Waals surface area contributed by atoms with Gasteiger partial charge in [-0.25, -0.2) is 0 Å². The molecule has 0 aliphatic carbocycles. The number of pyridine rings is 1. The van der Waals surface area contributed by atoms with Crippen LogP contribution in [0.2, 0.25) is 0 Å². The molecule has 86 valence electrons. The molecule has 0 spiro atoms. The van der Waals surface area contributed by atoms with Gasteiger partial charge in [0.25, 0.3) is 0 Å². The van der Waals surface area contributed by atoms with Crippen molar-refractivity contribution in [3.8, 4) is 0 Å². The van der Waals surface area contributed by atoms with Crippen molar-refractivity contribution in [2.45, 2.75) is 12.8 Å². The Hall–Kier alpha value is -1.69. The summed E-state index contributed by atoms with van der Waals surface area (Å²) in [7, 11) is 0. The number of hydrogen-bond donors (Lipinski definition) is 3. The van der Waals surface area contributed by atoms with Gasteiger partial charge in [-0.3, -0.25) is 9.78 Å². The molecule has 1 aromatic rings. The molecule has 1 amide bonds. The van der Waals surface area contributed by atoms with Crippen LogP contribution in [0.1, 0.15) is 18.5 Å². The summed E-state index contributed by atoms with van der Waals surface area (Å²) in [6, 6.07) is 3.63. The van der Waals surface area contributed by atoms with E-state index >= 15 is 0 Å². The molecule has 0 saturated carbocycles. The summed E-state index contributed by atoms with van der Waals surface area (Å²) in [5, 5.41) is 3.11. The van der Waals surface area contributed by atoms with Crippen LogP contribution < -0.4 is 16.8 Å². The van der Waals surface area contributed by atoms with Gasteiger partial charge in [0.2, 0.25) is 5.91 Å². The summed E-state index contributed by atoms with van der Waals surface area (Å²) in [4.78, 5) is 14.8. The fourth-order valence-corrected chi connectivity index (χ4v) is 1.39. The third-order valence-electron chi connectivity index (χ3n) is 1.96. The predicted octanol–water partition coefficient (Wildman–Crippen LogP) is 0.393. The molecule has 5 N–H and O–H groups in total. The van der Waals surface area contributed by atoms with E-state index in [0.29, 0.717) is 25.1 Å². The average molecular weight is 238 g/mol. The Kier molecular flexibility index (Phi) is 4.65. The fraction of sp³-hybridized carbons (Fsp3) is 0.300. The van der Waals surface area contributed by atoms with Crippen molar-refractivity contribution in [1.82, 2.24) is 4.98 Å². The van der Waals surface area contributed by atoms with Gasteiger partial charge in [0.15, 0.2) is 0 Å². The summed E-state index contributed by atoms with van der Waals surface area (Å²) in [6.07, 6.45) is 2.65. The molecule has 1 aromatic heterocycles. The van der Waals surface area contributed by atoms with Crippen molar-refractivity contribution < 1.29 is 4.79 Å². The highest BCUT2D eigenvalue weighted by molar-refractivity contribution is 7.80. The maximum absolute atomic E-state index is 10.5. The van der Waals surface area contributed by atoms with Crippen LogP contribution in [0.5, 0.6) is 0 Å². The summed E-state index contributed by atoms with van der Waals surface area (Å²) >= 11 is 4.87. The number of nitrogens with one attached hydrogen (secondary N) is 1. The van der Waals surface area contributed by atoms with E-state index in [1.54, 1.807) is 12.3 Å². The third-order valence-corrected chi connectivity index (χ3v) is 2.15. The van der Waals surface area contributed by atoms with Crippen molar-refractivity contribution in [2.75, 3.05) is 11.9 Å². The van der Waals surface area contributed by atoms with Crippen molar-refractivity contribution in [2.24, 2.45) is 11.5 Å². The molecule has 0 aromatic carbocycles. The second kappa shape index (κ2) is 6.02. The summed E-state index contributed by atoms with van der Waals surface area (Å²) in [6.45, 7) is 0.629. The lowest BCUT2D eigenvalue weighted by Gasteiger charge is -2.09. The van der Waals surface area contributed by atoms with E-state index in [1.807, 2.05) is 6.07 Å². The molecule has 0 aliphatic rings. The lowest BCUT2D eigenvalue weighted by molar-refractivity contribution is -0.118. The van der Waals surface area contributed by atoms with Crippen molar-refractivity contribution in [1.29, 1.82) is 0 Å². The molecule has 16 heavy (non-hydrogen) atoms. The fourth-order valence-electron chi connectivity index (χ4n) is 1.23. The molecule has 1 rings (SSSR count). The number of nitrogens with two attached hydrogens (primary N) is 2. The maximum atomic E-state index is 10.5. The lowest BCUT2D eigenvalue weighted by Crippen LogP contribution is -2.16. The zero-order chi connectivity index (χ0) is 12.0. The number of rotatable bonds is 6. The molecule has 0 radical (unpaired) electrons. The van der Waals surface area contributed by atoms with Crippen LogP contribution in [-0.4, -0.2) is 22.4 Å². The van der Waals surface area contributed by atoms with Crippen LogP contribution in [-0.2, 0) is 4.79 Å². The van der Waals surface area contributed by atoms with Crippen LogP contribution in [0.4, 0.5) is 5.69 Å². The number of amides is 1. The number of carbonyl (C=O) groups excluding carboxylic acids is 1. The Morgan fingerprint density at radius 1 is 1.50 bits per heavy atom. The Labute approximate surface area is 99.2 Å². The first-order chi connectivity index (χ1) is 7.61. The minimum atomic E-state index is -0.303. The van der Waals surface area contributed by atoms with Gasteiger partial charge in [0.1, 0.15) is 10.7 Å². The SMILES string of the molecule is NC(=O)CCCNc1cccnc1C(N)=S. The molecule has 0 unspecified atom stereocenters. The van der Waals surface area contributed by atoms with Gasteiger partial charge >= 0.3 is 0 Å². The normalized spacial score (nSPS) is 9.75. The highest BCUT2D eigenvalue weighted by atomic mass is 32.1. The van der Waals surface area contributed by atoms with Crippen molar-refractivity contribution in [3.05, 3.63) is 24.0 Å². The van der Waals surface area contributed by atoms with E-state index in [4.69, 9.17) is 23.7 Å². The van der Waals surface area contributed by atoms with Gasteiger partial charge in [-0.15, -0.1) is 0 Å². The lowest BCUT2D eigenvalue weighted by atomic mass is 10.2. The zero-order valence-electron chi connectivity index (χ0n) is 8.77. The highest BCUT2D eigenvalue weighted by Gasteiger charge is 2.04. The predicted molar refractivity (Wildman–Crippen MR) is 67.0 cm³/mol.